The first-order valence-corrected chi connectivity index (χ1v) is 5.83. The first-order valence-electron chi connectivity index (χ1n) is 5.83. The van der Waals surface area contributed by atoms with Gasteiger partial charge < -0.3 is 0 Å². The zero-order valence-corrected chi connectivity index (χ0v) is 8.50. The van der Waals surface area contributed by atoms with Crippen LogP contribution in [-0.4, -0.2) is 15.2 Å². The van der Waals surface area contributed by atoms with Gasteiger partial charge in [-0.2, -0.15) is 5.10 Å². The van der Waals surface area contributed by atoms with Gasteiger partial charge in [-0.1, -0.05) is 12.8 Å². The fraction of sp³-hybridized carbons (Fsp3) is 0.818. The monoisotopic (exact) mass is 191 g/mol. The van der Waals surface area contributed by atoms with Crippen LogP contribution in [0.15, 0.2) is 0 Å². The number of hydrogen-bond acceptors (Lipinski definition) is 2. The standard InChI is InChI=1S/C11H17N3/c1-2-4-9(3-1)11-12-10(13-14-11)7-8-5-6-8/h8-9H,1-7H2,(H,12,13,14). The summed E-state index contributed by atoms with van der Waals surface area (Å²) < 4.78 is 0. The smallest absolute Gasteiger partial charge is 0.153 e. The Kier molecular flexibility index (Phi) is 2.03. The molecule has 2 fully saturated rings. The van der Waals surface area contributed by atoms with Gasteiger partial charge in [-0.25, -0.2) is 4.98 Å². The molecule has 3 nitrogen and oxygen atoms in total. The van der Waals surface area contributed by atoms with Crippen LogP contribution in [-0.2, 0) is 6.42 Å². The fourth-order valence-corrected chi connectivity index (χ4v) is 2.36. The van der Waals surface area contributed by atoms with Crippen LogP contribution in [0, 0.1) is 5.92 Å². The molecule has 2 saturated carbocycles. The van der Waals surface area contributed by atoms with Crippen LogP contribution in [0.4, 0.5) is 0 Å². The van der Waals surface area contributed by atoms with Gasteiger partial charge in [0, 0.05) is 12.3 Å². The van der Waals surface area contributed by atoms with Gasteiger partial charge in [0.05, 0.1) is 0 Å². The van der Waals surface area contributed by atoms with Crippen molar-refractivity contribution in [2.45, 2.75) is 50.9 Å². The highest BCUT2D eigenvalue weighted by molar-refractivity contribution is 5.01. The van der Waals surface area contributed by atoms with Gasteiger partial charge in [-0.3, -0.25) is 5.10 Å². The van der Waals surface area contributed by atoms with E-state index in [4.69, 9.17) is 0 Å². The molecule has 1 N–H and O–H groups in total. The summed E-state index contributed by atoms with van der Waals surface area (Å²) in [6.45, 7) is 0. The Morgan fingerprint density at radius 3 is 2.64 bits per heavy atom. The van der Waals surface area contributed by atoms with Gasteiger partial charge >= 0.3 is 0 Å². The molecule has 0 bridgehead atoms. The van der Waals surface area contributed by atoms with E-state index in [1.54, 1.807) is 0 Å². The zero-order chi connectivity index (χ0) is 9.38. The molecule has 0 radical (unpaired) electrons. The first kappa shape index (κ1) is 8.45. The summed E-state index contributed by atoms with van der Waals surface area (Å²) in [5, 5.41) is 7.44. The summed E-state index contributed by atoms with van der Waals surface area (Å²) >= 11 is 0. The zero-order valence-electron chi connectivity index (χ0n) is 8.50. The molecule has 1 heterocycles. The molecule has 0 amide bonds. The van der Waals surface area contributed by atoms with Crippen LogP contribution in [0.1, 0.15) is 56.1 Å². The van der Waals surface area contributed by atoms with Gasteiger partial charge in [0.1, 0.15) is 5.82 Å². The fourth-order valence-electron chi connectivity index (χ4n) is 2.36. The lowest BCUT2D eigenvalue weighted by molar-refractivity contribution is 0.670. The van der Waals surface area contributed by atoms with E-state index in [1.165, 1.54) is 38.5 Å². The Morgan fingerprint density at radius 1 is 1.14 bits per heavy atom. The molecule has 3 rings (SSSR count). The molecule has 76 valence electrons. The minimum atomic E-state index is 0.652. The highest BCUT2D eigenvalue weighted by Gasteiger charge is 2.25. The van der Waals surface area contributed by atoms with Crippen molar-refractivity contribution < 1.29 is 0 Å². The molecule has 2 aliphatic rings. The number of H-pyrrole nitrogens is 1. The van der Waals surface area contributed by atoms with Crippen LogP contribution in [0.25, 0.3) is 0 Å². The molecular weight excluding hydrogens is 174 g/mol. The number of nitrogens with zero attached hydrogens (tertiary/aromatic N) is 2. The van der Waals surface area contributed by atoms with Crippen LogP contribution in [0.5, 0.6) is 0 Å². The number of rotatable bonds is 3. The van der Waals surface area contributed by atoms with Gasteiger partial charge in [-0.15, -0.1) is 0 Å². The Balaban J connectivity index is 1.68. The van der Waals surface area contributed by atoms with Crippen molar-refractivity contribution >= 4 is 0 Å². The van der Waals surface area contributed by atoms with E-state index in [0.717, 1.165) is 24.0 Å². The lowest BCUT2D eigenvalue weighted by atomic mass is 10.1. The topological polar surface area (TPSA) is 41.6 Å². The van der Waals surface area contributed by atoms with Crippen LogP contribution in [0.3, 0.4) is 0 Å². The lowest BCUT2D eigenvalue weighted by Gasteiger charge is -2.00. The SMILES string of the molecule is C1CCC(c2n[nH]c(CC3CC3)n2)C1. The number of nitrogens with one attached hydrogen (secondary N) is 1. The second kappa shape index (κ2) is 3.37. The van der Waals surface area contributed by atoms with Gasteiger partial charge in [0.2, 0.25) is 0 Å². The molecule has 0 aromatic carbocycles. The van der Waals surface area contributed by atoms with Gasteiger partial charge in [0.15, 0.2) is 5.82 Å². The number of aromatic nitrogens is 3. The third kappa shape index (κ3) is 1.68. The van der Waals surface area contributed by atoms with Crippen molar-refractivity contribution in [3.63, 3.8) is 0 Å². The van der Waals surface area contributed by atoms with E-state index in [0.29, 0.717) is 5.92 Å². The third-order valence-corrected chi connectivity index (χ3v) is 3.45. The van der Waals surface area contributed by atoms with Crippen molar-refractivity contribution in [2.75, 3.05) is 0 Å². The average molecular weight is 191 g/mol. The maximum absolute atomic E-state index is 4.61. The Morgan fingerprint density at radius 2 is 1.93 bits per heavy atom. The number of aromatic amines is 1. The molecule has 0 unspecified atom stereocenters. The van der Waals surface area contributed by atoms with E-state index in [1.807, 2.05) is 0 Å². The van der Waals surface area contributed by atoms with E-state index >= 15 is 0 Å². The second-order valence-corrected chi connectivity index (χ2v) is 4.77. The van der Waals surface area contributed by atoms with Crippen LogP contribution < -0.4 is 0 Å². The second-order valence-electron chi connectivity index (χ2n) is 4.77. The van der Waals surface area contributed by atoms with E-state index < -0.39 is 0 Å². The predicted octanol–water partition coefficient (Wildman–Crippen LogP) is 2.41. The van der Waals surface area contributed by atoms with Crippen LogP contribution in [0.2, 0.25) is 0 Å². The summed E-state index contributed by atoms with van der Waals surface area (Å²) in [5.74, 6) is 3.76. The molecule has 0 saturated heterocycles. The van der Waals surface area contributed by atoms with E-state index in [-0.39, 0.29) is 0 Å². The highest BCUT2D eigenvalue weighted by atomic mass is 15.2. The van der Waals surface area contributed by atoms with Crippen molar-refractivity contribution in [3.8, 4) is 0 Å². The van der Waals surface area contributed by atoms with Crippen molar-refractivity contribution in [3.05, 3.63) is 11.6 Å². The Labute approximate surface area is 84.3 Å². The summed E-state index contributed by atoms with van der Waals surface area (Å²) in [6, 6.07) is 0. The molecule has 14 heavy (non-hydrogen) atoms. The minimum Gasteiger partial charge on any atom is -0.263 e. The maximum atomic E-state index is 4.61. The van der Waals surface area contributed by atoms with Crippen molar-refractivity contribution in [2.24, 2.45) is 5.92 Å². The van der Waals surface area contributed by atoms with Crippen molar-refractivity contribution in [1.82, 2.24) is 15.2 Å². The summed E-state index contributed by atoms with van der Waals surface area (Å²) in [7, 11) is 0. The quantitative estimate of drug-likeness (QED) is 0.797. The third-order valence-electron chi connectivity index (χ3n) is 3.45. The van der Waals surface area contributed by atoms with Gasteiger partial charge in [-0.05, 0) is 31.6 Å². The maximum Gasteiger partial charge on any atom is 0.153 e. The van der Waals surface area contributed by atoms with Gasteiger partial charge in [0.25, 0.3) is 0 Å². The summed E-state index contributed by atoms with van der Waals surface area (Å²) in [5.41, 5.74) is 0. The molecule has 0 atom stereocenters. The highest BCUT2D eigenvalue weighted by Crippen LogP contribution is 2.34. The van der Waals surface area contributed by atoms with Crippen molar-refractivity contribution in [1.29, 1.82) is 0 Å². The lowest BCUT2D eigenvalue weighted by Crippen LogP contribution is -1.95. The molecule has 0 aliphatic heterocycles. The molecule has 0 spiro atoms. The molecule has 1 aromatic heterocycles. The summed E-state index contributed by atoms with van der Waals surface area (Å²) in [4.78, 5) is 4.61. The molecule has 3 heteroatoms. The molecule has 1 aromatic rings. The molecular formula is C11H17N3. The summed E-state index contributed by atoms with van der Waals surface area (Å²) in [6.07, 6.45) is 9.20. The normalized spacial score (nSPS) is 23.1. The van der Waals surface area contributed by atoms with E-state index in [2.05, 4.69) is 15.2 Å². The van der Waals surface area contributed by atoms with E-state index in [9.17, 15) is 0 Å². The first-order chi connectivity index (χ1) is 6.92. The van der Waals surface area contributed by atoms with Crippen LogP contribution >= 0.6 is 0 Å². The minimum absolute atomic E-state index is 0.652. The number of hydrogen-bond donors (Lipinski definition) is 1. The predicted molar refractivity (Wildman–Crippen MR) is 54.0 cm³/mol. The largest absolute Gasteiger partial charge is 0.263 e. The average Bonchev–Trinajstić information content (AvgIpc) is 2.71. The molecule has 2 aliphatic carbocycles. The Hall–Kier alpha value is -0.860. The Bertz CT molecular complexity index is 308.